The maximum Gasteiger partial charge on any atom is 0.154 e. The van der Waals surface area contributed by atoms with E-state index in [-0.39, 0.29) is 11.5 Å². The van der Waals surface area contributed by atoms with Crippen molar-refractivity contribution in [1.82, 2.24) is 19.4 Å². The molecule has 3 aromatic heterocycles. The number of hydrogen-bond acceptors (Lipinski definition) is 6. The lowest BCUT2D eigenvalue weighted by Gasteiger charge is -2.42. The fraction of sp³-hybridized carbons (Fsp3) is 0.280. The minimum atomic E-state index is 0.0308. The van der Waals surface area contributed by atoms with Crippen molar-refractivity contribution in [1.29, 1.82) is 5.26 Å². The van der Waals surface area contributed by atoms with Gasteiger partial charge in [0.1, 0.15) is 17.4 Å². The van der Waals surface area contributed by atoms with E-state index in [1.807, 2.05) is 41.2 Å². The molecule has 33 heavy (non-hydrogen) atoms. The van der Waals surface area contributed by atoms with Gasteiger partial charge in [-0.25, -0.2) is 9.97 Å². The number of anilines is 1. The third-order valence-corrected chi connectivity index (χ3v) is 7.70. The highest BCUT2D eigenvalue weighted by atomic mass is 35.5. The van der Waals surface area contributed by atoms with Crippen molar-refractivity contribution in [2.45, 2.75) is 25.3 Å². The molecular formula is C25H22ClN7. The Morgan fingerprint density at radius 1 is 1.09 bits per heavy atom. The average molecular weight is 456 g/mol. The second-order valence-electron chi connectivity index (χ2n) is 8.91. The maximum atomic E-state index is 9.34. The summed E-state index contributed by atoms with van der Waals surface area (Å²) in [5, 5.41) is 9.75. The number of rotatable bonds is 2. The molecule has 1 atom stereocenters. The summed E-state index contributed by atoms with van der Waals surface area (Å²) in [5.74, 6) is 1.60. The Morgan fingerprint density at radius 2 is 1.94 bits per heavy atom. The number of imidazole rings is 1. The predicted octanol–water partition coefficient (Wildman–Crippen LogP) is 4.16. The Morgan fingerprint density at radius 3 is 2.73 bits per heavy atom. The molecule has 0 amide bonds. The molecule has 1 saturated heterocycles. The Kier molecular flexibility index (Phi) is 4.61. The van der Waals surface area contributed by atoms with Crippen molar-refractivity contribution in [2.24, 2.45) is 11.1 Å². The van der Waals surface area contributed by atoms with E-state index < -0.39 is 0 Å². The number of benzene rings is 1. The summed E-state index contributed by atoms with van der Waals surface area (Å²) < 4.78 is 2.00. The van der Waals surface area contributed by atoms with Crippen LogP contribution in [0, 0.1) is 16.7 Å². The molecule has 0 radical (unpaired) electrons. The van der Waals surface area contributed by atoms with Crippen molar-refractivity contribution in [2.75, 3.05) is 18.0 Å². The van der Waals surface area contributed by atoms with Gasteiger partial charge in [-0.2, -0.15) is 5.26 Å². The molecule has 1 aromatic carbocycles. The van der Waals surface area contributed by atoms with Crippen LogP contribution < -0.4 is 10.6 Å². The first-order valence-corrected chi connectivity index (χ1v) is 11.4. The molecule has 164 valence electrons. The van der Waals surface area contributed by atoms with Crippen LogP contribution in [-0.4, -0.2) is 32.4 Å². The monoisotopic (exact) mass is 455 g/mol. The van der Waals surface area contributed by atoms with Gasteiger partial charge in [-0.15, -0.1) is 0 Å². The number of nitrogens with two attached hydrogens (primary N) is 1. The van der Waals surface area contributed by atoms with Crippen molar-refractivity contribution in [3.63, 3.8) is 0 Å². The molecule has 0 unspecified atom stereocenters. The van der Waals surface area contributed by atoms with Gasteiger partial charge in [0.05, 0.1) is 16.8 Å². The molecule has 1 fully saturated rings. The summed E-state index contributed by atoms with van der Waals surface area (Å²) in [5.41, 5.74) is 11.2. The number of aromatic nitrogens is 4. The summed E-state index contributed by atoms with van der Waals surface area (Å²) in [6, 6.07) is 11.7. The summed E-state index contributed by atoms with van der Waals surface area (Å²) in [4.78, 5) is 16.2. The zero-order valence-corrected chi connectivity index (χ0v) is 18.7. The molecule has 2 N–H and O–H groups in total. The van der Waals surface area contributed by atoms with E-state index in [1.54, 1.807) is 12.3 Å². The van der Waals surface area contributed by atoms with Crippen LogP contribution >= 0.6 is 11.6 Å². The highest BCUT2D eigenvalue weighted by Gasteiger charge is 2.46. The molecule has 2 aliphatic rings. The van der Waals surface area contributed by atoms with E-state index in [4.69, 9.17) is 22.3 Å². The highest BCUT2D eigenvalue weighted by Crippen LogP contribution is 2.50. The Labute approximate surface area is 196 Å². The molecule has 4 heterocycles. The van der Waals surface area contributed by atoms with Crippen LogP contribution in [0.2, 0.25) is 5.02 Å². The summed E-state index contributed by atoms with van der Waals surface area (Å²) in [7, 11) is 0. The molecule has 0 bridgehead atoms. The number of hydrogen-bond donors (Lipinski definition) is 1. The van der Waals surface area contributed by atoms with Crippen LogP contribution in [0.1, 0.15) is 35.7 Å². The van der Waals surface area contributed by atoms with Crippen molar-refractivity contribution >= 4 is 22.9 Å². The molecule has 7 nitrogen and oxygen atoms in total. The average Bonchev–Trinajstić information content (AvgIpc) is 3.39. The Balaban J connectivity index is 1.31. The quantitative estimate of drug-likeness (QED) is 0.487. The molecular weight excluding hydrogens is 434 g/mol. The van der Waals surface area contributed by atoms with Gasteiger partial charge in [0.15, 0.2) is 5.82 Å². The van der Waals surface area contributed by atoms with E-state index in [2.05, 4.69) is 27.0 Å². The van der Waals surface area contributed by atoms with Crippen LogP contribution in [0.15, 0.2) is 55.1 Å². The molecule has 8 heteroatoms. The first-order chi connectivity index (χ1) is 16.1. The predicted molar refractivity (Wildman–Crippen MR) is 127 cm³/mol. The lowest BCUT2D eigenvalue weighted by atomic mass is 9.73. The largest absolute Gasteiger partial charge is 0.355 e. The van der Waals surface area contributed by atoms with Gasteiger partial charge in [0, 0.05) is 49.0 Å². The summed E-state index contributed by atoms with van der Waals surface area (Å²) in [6.45, 7) is 1.75. The maximum absolute atomic E-state index is 9.34. The number of pyridine rings is 1. The van der Waals surface area contributed by atoms with Crippen molar-refractivity contribution in [3.05, 3.63) is 77.0 Å². The molecule has 1 aliphatic heterocycles. The first-order valence-electron chi connectivity index (χ1n) is 11.1. The van der Waals surface area contributed by atoms with Crippen LogP contribution in [0.5, 0.6) is 0 Å². The standard InChI is InChI=1S/C25H22ClN7/c26-21-16(14-27)3-1-4-18(21)23-31-15-20-24(30-9-12-33(20)23)32-10-6-25(7-11-32)13-19-17(22(25)28)5-2-8-29-19/h1-5,8-9,12,15,22H,6-7,10-11,13,28H2/t22-/m1/s1. The fourth-order valence-electron chi connectivity index (χ4n) is 5.45. The summed E-state index contributed by atoms with van der Waals surface area (Å²) in [6.07, 6.45) is 10.3. The smallest absolute Gasteiger partial charge is 0.154 e. The van der Waals surface area contributed by atoms with Crippen LogP contribution in [-0.2, 0) is 6.42 Å². The van der Waals surface area contributed by atoms with Crippen LogP contribution in [0.4, 0.5) is 5.82 Å². The highest BCUT2D eigenvalue weighted by molar-refractivity contribution is 6.34. The van der Waals surface area contributed by atoms with Gasteiger partial charge < -0.3 is 10.6 Å². The number of nitrogens with zero attached hydrogens (tertiary/aromatic N) is 6. The van der Waals surface area contributed by atoms with Gasteiger partial charge in [-0.05, 0) is 48.4 Å². The Bertz CT molecular complexity index is 1410. The third-order valence-electron chi connectivity index (χ3n) is 7.30. The van der Waals surface area contributed by atoms with E-state index in [0.717, 1.165) is 54.9 Å². The van der Waals surface area contributed by atoms with Crippen LogP contribution in [0.3, 0.4) is 0 Å². The lowest BCUT2D eigenvalue weighted by molar-refractivity contribution is 0.187. The number of fused-ring (bicyclic) bond motifs is 2. The topological polar surface area (TPSA) is 96.1 Å². The van der Waals surface area contributed by atoms with Gasteiger partial charge in [-0.3, -0.25) is 9.38 Å². The molecule has 6 rings (SSSR count). The van der Waals surface area contributed by atoms with Gasteiger partial charge in [0.2, 0.25) is 0 Å². The van der Waals surface area contributed by atoms with Crippen molar-refractivity contribution in [3.8, 4) is 17.5 Å². The minimum Gasteiger partial charge on any atom is -0.355 e. The van der Waals surface area contributed by atoms with Gasteiger partial charge in [-0.1, -0.05) is 23.7 Å². The van der Waals surface area contributed by atoms with E-state index >= 15 is 0 Å². The van der Waals surface area contributed by atoms with Crippen molar-refractivity contribution < 1.29 is 0 Å². The zero-order valence-electron chi connectivity index (χ0n) is 17.9. The second kappa shape index (κ2) is 7.55. The number of piperidine rings is 1. The fourth-order valence-corrected chi connectivity index (χ4v) is 5.71. The van der Waals surface area contributed by atoms with E-state index in [0.29, 0.717) is 16.4 Å². The molecule has 1 aliphatic carbocycles. The molecule has 1 spiro atoms. The van der Waals surface area contributed by atoms with Gasteiger partial charge in [0.25, 0.3) is 0 Å². The third kappa shape index (κ3) is 3.02. The number of halogens is 1. The van der Waals surface area contributed by atoms with E-state index in [1.165, 1.54) is 5.56 Å². The first kappa shape index (κ1) is 20.2. The second-order valence-corrected chi connectivity index (χ2v) is 9.29. The normalized spacial score (nSPS) is 19.1. The number of nitriles is 1. The SMILES string of the molecule is N#Cc1cccc(-c2ncc3c(N4CCC5(CC4)Cc4ncccc4[C@H]5N)nccn23)c1Cl. The van der Waals surface area contributed by atoms with Gasteiger partial charge >= 0.3 is 0 Å². The summed E-state index contributed by atoms with van der Waals surface area (Å²) >= 11 is 6.49. The van der Waals surface area contributed by atoms with E-state index in [9.17, 15) is 5.26 Å². The minimum absolute atomic E-state index is 0.0308. The zero-order chi connectivity index (χ0) is 22.6. The van der Waals surface area contributed by atoms with Crippen LogP contribution in [0.25, 0.3) is 16.9 Å². The Hall–Kier alpha value is -3.47. The lowest BCUT2D eigenvalue weighted by Crippen LogP contribution is -2.44. The molecule has 4 aromatic rings. The molecule has 0 saturated carbocycles.